The van der Waals surface area contributed by atoms with Crippen LogP contribution in [0.1, 0.15) is 27.2 Å². The maximum atomic E-state index is 11.9. The molecule has 0 atom stereocenters. The SMILES string of the molecule is CCO[Si](CCCNC(=O)Nc1ccc(S(=O)(=O)O)cc1)(OCC)OCC. The van der Waals surface area contributed by atoms with Crippen molar-refractivity contribution in [1.29, 1.82) is 0 Å². The van der Waals surface area contributed by atoms with Gasteiger partial charge in [0.2, 0.25) is 0 Å². The molecule has 0 bridgehead atoms. The summed E-state index contributed by atoms with van der Waals surface area (Å²) in [7, 11) is -6.97. The van der Waals surface area contributed by atoms with E-state index in [-0.39, 0.29) is 4.90 Å². The van der Waals surface area contributed by atoms with Gasteiger partial charge in [0.1, 0.15) is 0 Å². The third-order valence-corrected chi connectivity index (χ3v) is 7.47. The Morgan fingerprint density at radius 2 is 1.56 bits per heavy atom. The lowest BCUT2D eigenvalue weighted by atomic mass is 10.3. The quantitative estimate of drug-likeness (QED) is 0.270. The number of benzene rings is 1. The van der Waals surface area contributed by atoms with E-state index < -0.39 is 25.0 Å². The molecule has 0 aliphatic carbocycles. The van der Waals surface area contributed by atoms with Crippen LogP contribution in [-0.4, -0.2) is 54.2 Å². The molecule has 0 spiro atoms. The molecule has 2 amide bonds. The van der Waals surface area contributed by atoms with Gasteiger partial charge in [-0.15, -0.1) is 0 Å². The largest absolute Gasteiger partial charge is 0.500 e. The number of nitrogens with one attached hydrogen (secondary N) is 2. The molecular formula is C16H28N2O7SSi. The van der Waals surface area contributed by atoms with Gasteiger partial charge in [0, 0.05) is 38.1 Å². The molecule has 1 aromatic rings. The number of hydrogen-bond donors (Lipinski definition) is 3. The van der Waals surface area contributed by atoms with Gasteiger partial charge in [-0.1, -0.05) is 0 Å². The Labute approximate surface area is 161 Å². The molecule has 0 radical (unpaired) electrons. The van der Waals surface area contributed by atoms with E-state index in [1.54, 1.807) is 0 Å². The molecule has 154 valence electrons. The van der Waals surface area contributed by atoms with Crippen molar-refractivity contribution in [1.82, 2.24) is 5.32 Å². The van der Waals surface area contributed by atoms with Crippen LogP contribution in [0.3, 0.4) is 0 Å². The van der Waals surface area contributed by atoms with Gasteiger partial charge in [-0.05, 0) is 51.5 Å². The van der Waals surface area contributed by atoms with E-state index in [1.807, 2.05) is 20.8 Å². The van der Waals surface area contributed by atoms with E-state index in [0.29, 0.717) is 44.5 Å². The highest BCUT2D eigenvalue weighted by molar-refractivity contribution is 7.85. The van der Waals surface area contributed by atoms with Gasteiger partial charge in [0.15, 0.2) is 0 Å². The lowest BCUT2D eigenvalue weighted by Crippen LogP contribution is -2.46. The Morgan fingerprint density at radius 1 is 1.04 bits per heavy atom. The summed E-state index contributed by atoms with van der Waals surface area (Å²) < 4.78 is 48.2. The Hall–Kier alpha value is -1.50. The van der Waals surface area contributed by atoms with Gasteiger partial charge in [-0.3, -0.25) is 4.55 Å². The Bertz CT molecular complexity index is 665. The number of amides is 2. The fourth-order valence-corrected chi connectivity index (χ4v) is 5.49. The maximum absolute atomic E-state index is 11.9. The molecule has 0 unspecified atom stereocenters. The monoisotopic (exact) mass is 420 g/mol. The van der Waals surface area contributed by atoms with Gasteiger partial charge in [0.05, 0.1) is 4.90 Å². The molecule has 0 heterocycles. The van der Waals surface area contributed by atoms with Crippen LogP contribution in [0.2, 0.25) is 6.04 Å². The molecule has 0 aliphatic rings. The second-order valence-electron chi connectivity index (χ2n) is 5.47. The average Bonchev–Trinajstić information content (AvgIpc) is 2.59. The molecule has 1 aromatic carbocycles. The van der Waals surface area contributed by atoms with Crippen molar-refractivity contribution in [3.63, 3.8) is 0 Å². The standard InChI is InChI=1S/C16H28N2O7SSi/c1-4-23-27(24-5-2,25-6-3)13-7-12-17-16(19)18-14-8-10-15(11-9-14)26(20,21)22/h8-11H,4-7,12-13H2,1-3H3,(H2,17,18,19)(H,20,21,22). The average molecular weight is 421 g/mol. The van der Waals surface area contributed by atoms with E-state index in [1.165, 1.54) is 24.3 Å². The number of urea groups is 1. The van der Waals surface area contributed by atoms with Crippen molar-refractivity contribution < 1.29 is 31.0 Å². The number of carbonyl (C=O) groups excluding carboxylic acids is 1. The van der Waals surface area contributed by atoms with Crippen molar-refractivity contribution in [2.45, 2.75) is 38.1 Å². The molecule has 27 heavy (non-hydrogen) atoms. The van der Waals surface area contributed by atoms with E-state index in [0.717, 1.165) is 0 Å². The summed E-state index contributed by atoms with van der Waals surface area (Å²) >= 11 is 0. The first-order valence-electron chi connectivity index (χ1n) is 8.80. The first kappa shape index (κ1) is 23.5. The third-order valence-electron chi connectivity index (χ3n) is 3.45. The lowest BCUT2D eigenvalue weighted by molar-refractivity contribution is 0.0708. The molecule has 0 saturated carbocycles. The van der Waals surface area contributed by atoms with Gasteiger partial charge < -0.3 is 23.9 Å². The summed E-state index contributed by atoms with van der Waals surface area (Å²) in [4.78, 5) is 11.7. The molecule has 0 saturated heterocycles. The highest BCUT2D eigenvalue weighted by Gasteiger charge is 2.39. The van der Waals surface area contributed by atoms with Crippen LogP contribution < -0.4 is 10.6 Å². The van der Waals surface area contributed by atoms with Crippen molar-refractivity contribution >= 4 is 30.6 Å². The van der Waals surface area contributed by atoms with Crippen molar-refractivity contribution in [2.24, 2.45) is 0 Å². The summed E-state index contributed by atoms with van der Waals surface area (Å²) in [6, 6.07) is 5.35. The van der Waals surface area contributed by atoms with Crippen molar-refractivity contribution in [2.75, 3.05) is 31.7 Å². The zero-order chi connectivity index (χ0) is 20.3. The van der Waals surface area contributed by atoms with Gasteiger partial charge >= 0.3 is 14.8 Å². The predicted molar refractivity (Wildman–Crippen MR) is 103 cm³/mol. The highest BCUT2D eigenvalue weighted by atomic mass is 32.2. The van der Waals surface area contributed by atoms with Crippen LogP contribution in [0, 0.1) is 0 Å². The second-order valence-corrected chi connectivity index (χ2v) is 9.62. The molecule has 1 rings (SSSR count). The first-order valence-corrected chi connectivity index (χ1v) is 12.2. The summed E-state index contributed by atoms with van der Waals surface area (Å²) in [5.74, 6) is 0. The van der Waals surface area contributed by atoms with E-state index in [9.17, 15) is 13.2 Å². The molecule has 9 nitrogen and oxygen atoms in total. The van der Waals surface area contributed by atoms with Crippen molar-refractivity contribution in [3.8, 4) is 0 Å². The third kappa shape index (κ3) is 8.37. The molecule has 3 N–H and O–H groups in total. The van der Waals surface area contributed by atoms with Gasteiger partial charge in [0.25, 0.3) is 10.1 Å². The zero-order valence-corrected chi connectivity index (χ0v) is 17.7. The number of hydrogen-bond acceptors (Lipinski definition) is 6. The zero-order valence-electron chi connectivity index (χ0n) is 15.9. The lowest BCUT2D eigenvalue weighted by Gasteiger charge is -2.28. The minimum atomic E-state index is -4.25. The summed E-state index contributed by atoms with van der Waals surface area (Å²) in [6.45, 7) is 7.56. The van der Waals surface area contributed by atoms with Crippen LogP contribution >= 0.6 is 0 Å². The van der Waals surface area contributed by atoms with Crippen LogP contribution in [0.15, 0.2) is 29.2 Å². The van der Waals surface area contributed by atoms with Gasteiger partial charge in [-0.2, -0.15) is 8.42 Å². The molecule has 11 heteroatoms. The Kier molecular flexibility index (Phi) is 9.91. The Morgan fingerprint density at radius 3 is 2.00 bits per heavy atom. The smallest absolute Gasteiger partial charge is 0.374 e. The molecule has 0 fully saturated rings. The number of rotatable bonds is 12. The van der Waals surface area contributed by atoms with Gasteiger partial charge in [-0.25, -0.2) is 4.79 Å². The fraction of sp³-hybridized carbons (Fsp3) is 0.562. The second kappa shape index (κ2) is 11.4. The summed E-state index contributed by atoms with van der Waals surface area (Å²) in [5.41, 5.74) is 0.404. The number of carbonyl (C=O) groups is 1. The molecule has 0 aliphatic heterocycles. The van der Waals surface area contributed by atoms with E-state index in [2.05, 4.69) is 10.6 Å². The minimum absolute atomic E-state index is 0.238. The number of anilines is 1. The van der Waals surface area contributed by atoms with Crippen LogP contribution in [0.25, 0.3) is 0 Å². The van der Waals surface area contributed by atoms with E-state index in [4.69, 9.17) is 17.8 Å². The van der Waals surface area contributed by atoms with E-state index >= 15 is 0 Å². The minimum Gasteiger partial charge on any atom is -0.374 e. The van der Waals surface area contributed by atoms with Crippen LogP contribution in [0.4, 0.5) is 10.5 Å². The first-order chi connectivity index (χ1) is 12.8. The van der Waals surface area contributed by atoms with Crippen LogP contribution in [-0.2, 0) is 23.4 Å². The maximum Gasteiger partial charge on any atom is 0.500 e. The normalized spacial score (nSPS) is 12.0. The summed E-state index contributed by atoms with van der Waals surface area (Å²) in [6.07, 6.45) is 0.626. The topological polar surface area (TPSA) is 123 Å². The van der Waals surface area contributed by atoms with Crippen molar-refractivity contribution in [3.05, 3.63) is 24.3 Å². The fourth-order valence-electron chi connectivity index (χ4n) is 2.39. The van der Waals surface area contributed by atoms with Crippen LogP contribution in [0.5, 0.6) is 0 Å². The highest BCUT2D eigenvalue weighted by Crippen LogP contribution is 2.18. The summed E-state index contributed by atoms with van der Waals surface area (Å²) in [5, 5.41) is 5.30. The molecule has 0 aromatic heterocycles. The Balaban J connectivity index is 2.47. The molecular weight excluding hydrogens is 392 g/mol. The predicted octanol–water partition coefficient (Wildman–Crippen LogP) is 2.49.